The van der Waals surface area contributed by atoms with Gasteiger partial charge in [0.15, 0.2) is 5.82 Å². The molecule has 0 radical (unpaired) electrons. The van der Waals surface area contributed by atoms with E-state index in [2.05, 4.69) is 15.5 Å². The normalized spacial score (nSPS) is 22.7. The van der Waals surface area contributed by atoms with Crippen molar-refractivity contribution < 1.29 is 14.1 Å². The zero-order chi connectivity index (χ0) is 16.7. The van der Waals surface area contributed by atoms with E-state index < -0.39 is 17.1 Å². The van der Waals surface area contributed by atoms with Crippen LogP contribution < -0.4 is 11.1 Å². The highest BCUT2D eigenvalue weighted by Gasteiger charge is 2.49. The molecule has 2 heterocycles. The van der Waals surface area contributed by atoms with Crippen molar-refractivity contribution in [2.45, 2.75) is 70.0 Å². The van der Waals surface area contributed by atoms with Gasteiger partial charge in [0.2, 0.25) is 5.89 Å². The fourth-order valence-electron chi connectivity index (χ4n) is 3.44. The van der Waals surface area contributed by atoms with Crippen molar-refractivity contribution in [3.8, 4) is 0 Å². The van der Waals surface area contributed by atoms with Gasteiger partial charge >= 0.3 is 6.03 Å². The predicted octanol–water partition coefficient (Wildman–Crippen LogP) is 1.41. The fraction of sp³-hybridized carbons (Fsp3) is 0.733. The van der Waals surface area contributed by atoms with Crippen LogP contribution >= 0.6 is 0 Å². The number of nitrogens with one attached hydrogen (secondary N) is 1. The quantitative estimate of drug-likeness (QED) is 0.792. The number of urea groups is 1. The van der Waals surface area contributed by atoms with E-state index in [1.54, 1.807) is 0 Å². The lowest BCUT2D eigenvalue weighted by atomic mass is 9.93. The standard InChI is InChI=1S/C15H23N5O3/c1-3-15(4-2)12(21)20(13(22)18-15)9-10-17-11(19-23-10)14(16)7-5-6-8-14/h3-9,16H2,1-2H3,(H,18,22). The SMILES string of the molecule is CCC1(CC)NC(=O)N(Cc2nc(C3(N)CCCC3)no2)C1=O. The lowest BCUT2D eigenvalue weighted by Gasteiger charge is -2.22. The van der Waals surface area contributed by atoms with Crippen molar-refractivity contribution in [1.82, 2.24) is 20.4 Å². The largest absolute Gasteiger partial charge is 0.337 e. The van der Waals surface area contributed by atoms with Gasteiger partial charge in [-0.05, 0) is 25.7 Å². The van der Waals surface area contributed by atoms with Crippen LogP contribution in [0.15, 0.2) is 4.52 Å². The third-order valence-corrected chi connectivity index (χ3v) is 5.16. The first-order valence-corrected chi connectivity index (χ1v) is 8.20. The summed E-state index contributed by atoms with van der Waals surface area (Å²) in [5.41, 5.74) is 4.93. The molecule has 23 heavy (non-hydrogen) atoms. The summed E-state index contributed by atoms with van der Waals surface area (Å²) in [6, 6.07) is -0.415. The van der Waals surface area contributed by atoms with Gasteiger partial charge in [-0.1, -0.05) is 31.8 Å². The molecule has 3 N–H and O–H groups in total. The van der Waals surface area contributed by atoms with Crippen molar-refractivity contribution >= 4 is 11.9 Å². The summed E-state index contributed by atoms with van der Waals surface area (Å²) in [5.74, 6) is 0.466. The number of nitrogens with two attached hydrogens (primary N) is 1. The Labute approximate surface area is 134 Å². The van der Waals surface area contributed by atoms with Gasteiger partial charge in [-0.15, -0.1) is 0 Å². The van der Waals surface area contributed by atoms with E-state index >= 15 is 0 Å². The summed E-state index contributed by atoms with van der Waals surface area (Å²) in [5, 5.41) is 6.74. The first kappa shape index (κ1) is 15.9. The molecule has 1 aromatic heterocycles. The molecule has 0 atom stereocenters. The van der Waals surface area contributed by atoms with Crippen LogP contribution in [0.2, 0.25) is 0 Å². The van der Waals surface area contributed by atoms with E-state index in [1.807, 2.05) is 13.8 Å². The molecular weight excluding hydrogens is 298 g/mol. The highest BCUT2D eigenvalue weighted by molar-refractivity contribution is 6.06. The summed E-state index contributed by atoms with van der Waals surface area (Å²) < 4.78 is 5.22. The third-order valence-electron chi connectivity index (χ3n) is 5.16. The highest BCUT2D eigenvalue weighted by Crippen LogP contribution is 2.34. The van der Waals surface area contributed by atoms with Gasteiger partial charge < -0.3 is 15.6 Å². The summed E-state index contributed by atoms with van der Waals surface area (Å²) in [6.07, 6.45) is 4.83. The van der Waals surface area contributed by atoms with E-state index in [0.29, 0.717) is 18.7 Å². The van der Waals surface area contributed by atoms with Gasteiger partial charge in [0.05, 0.1) is 5.54 Å². The first-order valence-electron chi connectivity index (χ1n) is 8.20. The molecule has 3 amide bonds. The maximum absolute atomic E-state index is 12.6. The Morgan fingerprint density at radius 3 is 2.48 bits per heavy atom. The number of amides is 3. The minimum absolute atomic E-state index is 0.0184. The van der Waals surface area contributed by atoms with E-state index in [1.165, 1.54) is 0 Å². The minimum atomic E-state index is -0.819. The molecule has 1 saturated heterocycles. The number of rotatable bonds is 5. The minimum Gasteiger partial charge on any atom is -0.337 e. The summed E-state index contributed by atoms with van der Waals surface area (Å²) >= 11 is 0. The molecule has 8 nitrogen and oxygen atoms in total. The maximum atomic E-state index is 12.6. The van der Waals surface area contributed by atoms with Gasteiger partial charge in [0.1, 0.15) is 12.1 Å². The molecule has 1 aromatic rings. The van der Waals surface area contributed by atoms with Crippen molar-refractivity contribution in [3.05, 3.63) is 11.7 Å². The molecule has 2 aliphatic rings. The molecule has 3 rings (SSSR count). The summed E-state index contributed by atoms with van der Waals surface area (Å²) in [6.45, 7) is 3.75. The number of carbonyl (C=O) groups excluding carboxylic acids is 2. The molecular formula is C15H23N5O3. The highest BCUT2D eigenvalue weighted by atomic mass is 16.5. The van der Waals surface area contributed by atoms with Crippen molar-refractivity contribution in [2.75, 3.05) is 0 Å². The number of carbonyl (C=O) groups is 2. The maximum Gasteiger partial charge on any atom is 0.325 e. The lowest BCUT2D eigenvalue weighted by molar-refractivity contribution is -0.132. The van der Waals surface area contributed by atoms with Gasteiger partial charge in [-0.25, -0.2) is 4.79 Å². The number of hydrogen-bond acceptors (Lipinski definition) is 6. The number of imide groups is 1. The van der Waals surface area contributed by atoms with Crippen molar-refractivity contribution in [3.63, 3.8) is 0 Å². The Morgan fingerprint density at radius 1 is 1.26 bits per heavy atom. The molecule has 126 valence electrons. The second-order valence-corrected chi connectivity index (χ2v) is 6.49. The van der Waals surface area contributed by atoms with Crippen LogP contribution in [0, 0.1) is 0 Å². The molecule has 8 heteroatoms. The average molecular weight is 321 g/mol. The van der Waals surface area contributed by atoms with E-state index in [9.17, 15) is 9.59 Å². The second-order valence-electron chi connectivity index (χ2n) is 6.49. The van der Waals surface area contributed by atoms with Crippen LogP contribution in [0.3, 0.4) is 0 Å². The van der Waals surface area contributed by atoms with Crippen molar-refractivity contribution in [1.29, 1.82) is 0 Å². The van der Waals surface area contributed by atoms with E-state index in [4.69, 9.17) is 10.3 Å². The molecule has 1 aliphatic heterocycles. The molecule has 2 fully saturated rings. The number of nitrogens with zero attached hydrogens (tertiary/aromatic N) is 3. The van der Waals surface area contributed by atoms with Crippen LogP contribution in [0.4, 0.5) is 4.79 Å². The molecule has 0 spiro atoms. The van der Waals surface area contributed by atoms with Gasteiger partial charge in [0.25, 0.3) is 5.91 Å². The lowest BCUT2D eigenvalue weighted by Crippen LogP contribution is -2.45. The Balaban J connectivity index is 1.76. The monoisotopic (exact) mass is 321 g/mol. The van der Waals surface area contributed by atoms with Crippen LogP contribution in [-0.4, -0.2) is 32.5 Å². The Hall–Kier alpha value is -1.96. The molecule has 1 aliphatic carbocycles. The topological polar surface area (TPSA) is 114 Å². The van der Waals surface area contributed by atoms with Crippen LogP contribution in [-0.2, 0) is 16.9 Å². The molecule has 0 unspecified atom stereocenters. The van der Waals surface area contributed by atoms with Crippen LogP contribution in [0.25, 0.3) is 0 Å². The Kier molecular flexibility index (Phi) is 3.87. The molecule has 0 bridgehead atoms. The van der Waals surface area contributed by atoms with Gasteiger partial charge in [-0.3, -0.25) is 9.69 Å². The van der Waals surface area contributed by atoms with Crippen LogP contribution in [0.1, 0.15) is 64.1 Å². The number of aromatic nitrogens is 2. The van der Waals surface area contributed by atoms with E-state index in [-0.39, 0.29) is 18.3 Å². The Morgan fingerprint density at radius 2 is 1.91 bits per heavy atom. The first-order chi connectivity index (χ1) is 10.9. The third kappa shape index (κ3) is 2.50. The fourth-order valence-corrected chi connectivity index (χ4v) is 3.44. The van der Waals surface area contributed by atoms with Gasteiger partial charge in [0, 0.05) is 0 Å². The summed E-state index contributed by atoms with van der Waals surface area (Å²) in [4.78, 5) is 30.1. The van der Waals surface area contributed by atoms with Crippen LogP contribution in [0.5, 0.6) is 0 Å². The van der Waals surface area contributed by atoms with Gasteiger partial charge in [-0.2, -0.15) is 4.98 Å². The van der Waals surface area contributed by atoms with E-state index in [0.717, 1.165) is 30.6 Å². The second kappa shape index (κ2) is 5.59. The number of hydrogen-bond donors (Lipinski definition) is 2. The van der Waals surface area contributed by atoms with Crippen molar-refractivity contribution in [2.24, 2.45) is 5.73 Å². The molecule has 0 aromatic carbocycles. The predicted molar refractivity (Wildman–Crippen MR) is 81.0 cm³/mol. The molecule has 1 saturated carbocycles. The zero-order valence-electron chi connectivity index (χ0n) is 13.6. The average Bonchev–Trinajstić information content (AvgIpc) is 3.23. The summed E-state index contributed by atoms with van der Waals surface area (Å²) in [7, 11) is 0. The smallest absolute Gasteiger partial charge is 0.325 e. The zero-order valence-corrected chi connectivity index (χ0v) is 13.6. The Bertz CT molecular complexity index is 616.